The van der Waals surface area contributed by atoms with Gasteiger partial charge < -0.3 is 34.7 Å². The fourth-order valence-corrected chi connectivity index (χ4v) is 12.5. The van der Waals surface area contributed by atoms with E-state index in [0.29, 0.717) is 23.0 Å². The van der Waals surface area contributed by atoms with Crippen molar-refractivity contribution in [3.05, 3.63) is 148 Å². The zero-order valence-electron chi connectivity index (χ0n) is 37.8. The molecule has 4 aromatic carbocycles. The highest BCUT2D eigenvalue weighted by Crippen LogP contribution is 2.61. The summed E-state index contributed by atoms with van der Waals surface area (Å²) in [6.07, 6.45) is 4.85. The molecular formula is C54H59N3O9. The van der Waals surface area contributed by atoms with Crippen LogP contribution in [0.25, 0.3) is 6.08 Å². The standard InChI is InChI=1S/C54H59N3O9/c1-51(2)29-40-35(21-22-43-52(3,63-43)24-23-41(40)51)28-34-14-10-11-15-37(34)32-57-46-49(60)62-42-30-53(46,50(61)56-31-33-13-12-16-36(27-33)48(59)55-25-26-58)47(66-57)45-44(42)64-54(65-45,38-17-6-4-7-18-38)39-19-8-5-9-20-39/h4-20,27-28,40-47,58H,21-26,29-32H2,1-3H3,(H,55,59)(H,56,61). The molecule has 4 saturated heterocycles. The highest BCUT2D eigenvalue weighted by molar-refractivity contribution is 5.95. The molecule has 4 aromatic rings. The predicted octanol–water partition coefficient (Wildman–Crippen LogP) is 6.99. The van der Waals surface area contributed by atoms with E-state index in [0.717, 1.165) is 54.4 Å². The maximum Gasteiger partial charge on any atom is 0.327 e. The van der Waals surface area contributed by atoms with Gasteiger partial charge in [-0.2, -0.15) is 5.06 Å². The van der Waals surface area contributed by atoms with Crippen LogP contribution in [-0.2, 0) is 52.3 Å². The number of fused-ring (bicyclic) bond motifs is 6. The van der Waals surface area contributed by atoms with E-state index < -0.39 is 47.6 Å². The van der Waals surface area contributed by atoms with E-state index in [2.05, 4.69) is 55.7 Å². The van der Waals surface area contributed by atoms with Gasteiger partial charge in [0.1, 0.15) is 29.8 Å². The summed E-state index contributed by atoms with van der Waals surface area (Å²) >= 11 is 0. The van der Waals surface area contributed by atoms with Gasteiger partial charge in [-0.1, -0.05) is 123 Å². The summed E-state index contributed by atoms with van der Waals surface area (Å²) < 4.78 is 27.0. The summed E-state index contributed by atoms with van der Waals surface area (Å²) in [6.45, 7) is 7.32. The van der Waals surface area contributed by atoms with E-state index in [1.807, 2.05) is 72.8 Å². The van der Waals surface area contributed by atoms with E-state index in [1.54, 1.807) is 23.3 Å². The van der Waals surface area contributed by atoms with Crippen LogP contribution >= 0.6 is 0 Å². The number of rotatable bonds is 11. The second-order valence-corrected chi connectivity index (χ2v) is 20.4. The Morgan fingerprint density at radius 3 is 2.30 bits per heavy atom. The van der Waals surface area contributed by atoms with Gasteiger partial charge in [-0.3, -0.25) is 19.2 Å². The number of nitrogens with zero attached hydrogens (tertiary/aromatic N) is 1. The summed E-state index contributed by atoms with van der Waals surface area (Å²) in [5.74, 6) is -1.55. The number of carbonyl (C=O) groups is 3. The first-order valence-electron chi connectivity index (χ1n) is 23.8. The van der Waals surface area contributed by atoms with Crippen molar-refractivity contribution in [3.63, 3.8) is 0 Å². The first-order valence-corrected chi connectivity index (χ1v) is 23.8. The van der Waals surface area contributed by atoms with Crippen molar-refractivity contribution in [3.8, 4) is 0 Å². The molecule has 4 heterocycles. The van der Waals surface area contributed by atoms with Crippen molar-refractivity contribution in [2.24, 2.45) is 22.7 Å². The minimum absolute atomic E-state index is 0.0145. The Kier molecular flexibility index (Phi) is 10.9. The summed E-state index contributed by atoms with van der Waals surface area (Å²) in [6, 6.07) is 33.6. The minimum atomic E-state index is -1.43. The molecule has 3 N–H and O–H groups in total. The number of carbonyl (C=O) groups excluding carboxylic acids is 3. The smallest absolute Gasteiger partial charge is 0.327 e. The number of aliphatic hydroxyl groups excluding tert-OH is 1. The molecule has 0 radical (unpaired) electrons. The first kappa shape index (κ1) is 43.4. The molecule has 344 valence electrons. The number of benzene rings is 4. The molecule has 3 saturated carbocycles. The van der Waals surface area contributed by atoms with Gasteiger partial charge in [0.05, 0.1) is 24.9 Å². The zero-order chi connectivity index (χ0) is 45.4. The van der Waals surface area contributed by atoms with Crippen LogP contribution in [0.1, 0.15) is 97.5 Å². The number of aliphatic hydroxyl groups is 1. The molecule has 12 heteroatoms. The van der Waals surface area contributed by atoms with Crippen LogP contribution in [0.15, 0.2) is 115 Å². The molecule has 7 fully saturated rings. The lowest BCUT2D eigenvalue weighted by Crippen LogP contribution is -2.69. The minimum Gasteiger partial charge on any atom is -0.458 e. The van der Waals surface area contributed by atoms with Gasteiger partial charge in [-0.25, -0.2) is 0 Å². The van der Waals surface area contributed by atoms with E-state index in [-0.39, 0.29) is 61.6 Å². The van der Waals surface area contributed by atoms with Gasteiger partial charge in [0.2, 0.25) is 11.7 Å². The third kappa shape index (κ3) is 7.23. The molecule has 12 nitrogen and oxygen atoms in total. The fraction of sp³-hybridized carbons (Fsp3) is 0.463. The number of hydrogen-bond donors (Lipinski definition) is 3. The number of esters is 1. The maximum absolute atomic E-state index is 15.3. The Morgan fingerprint density at radius 1 is 0.833 bits per heavy atom. The number of allylic oxidation sites excluding steroid dienone is 1. The van der Waals surface area contributed by atoms with Gasteiger partial charge in [0.15, 0.2) is 6.04 Å². The van der Waals surface area contributed by atoms with Crippen molar-refractivity contribution in [1.29, 1.82) is 0 Å². The van der Waals surface area contributed by atoms with E-state index in [1.165, 1.54) is 5.57 Å². The first-order chi connectivity index (χ1) is 31.9. The summed E-state index contributed by atoms with van der Waals surface area (Å²) in [7, 11) is 0. The Morgan fingerprint density at radius 2 is 1.56 bits per heavy atom. The topological polar surface area (TPSA) is 148 Å². The van der Waals surface area contributed by atoms with Gasteiger partial charge in [-0.05, 0) is 85.1 Å². The molecule has 0 aromatic heterocycles. The molecule has 0 spiro atoms. The van der Waals surface area contributed by atoms with Gasteiger partial charge in [-0.15, -0.1) is 0 Å². The van der Waals surface area contributed by atoms with Crippen LogP contribution in [0, 0.1) is 22.7 Å². The lowest BCUT2D eigenvalue weighted by Gasteiger charge is -2.53. The molecule has 7 aliphatic rings. The molecule has 2 bridgehead atoms. The summed E-state index contributed by atoms with van der Waals surface area (Å²) in [4.78, 5) is 49.9. The largest absolute Gasteiger partial charge is 0.458 e. The second-order valence-electron chi connectivity index (χ2n) is 20.4. The van der Waals surface area contributed by atoms with Crippen LogP contribution in [0.3, 0.4) is 0 Å². The van der Waals surface area contributed by atoms with Crippen LogP contribution in [0.2, 0.25) is 0 Å². The van der Waals surface area contributed by atoms with Crippen molar-refractivity contribution in [1.82, 2.24) is 15.7 Å². The van der Waals surface area contributed by atoms with Crippen molar-refractivity contribution < 1.29 is 43.3 Å². The van der Waals surface area contributed by atoms with Crippen LogP contribution in [0.5, 0.6) is 0 Å². The van der Waals surface area contributed by atoms with Gasteiger partial charge in [0, 0.05) is 36.2 Å². The number of hydrogen-bond acceptors (Lipinski definition) is 10. The average Bonchev–Trinajstić information content (AvgIpc) is 3.59. The fourth-order valence-electron chi connectivity index (χ4n) is 12.5. The molecular weight excluding hydrogens is 835 g/mol. The van der Waals surface area contributed by atoms with Crippen molar-refractivity contribution in [2.45, 2.75) is 120 Å². The molecule has 10 unspecified atom stereocenters. The number of hydroxylamine groups is 2. The molecule has 66 heavy (non-hydrogen) atoms. The van der Waals surface area contributed by atoms with Gasteiger partial charge >= 0.3 is 5.97 Å². The van der Waals surface area contributed by atoms with E-state index in [4.69, 9.17) is 23.8 Å². The van der Waals surface area contributed by atoms with E-state index >= 15 is 4.79 Å². The lowest BCUT2D eigenvalue weighted by molar-refractivity contribution is -0.213. The number of epoxide rings is 1. The monoisotopic (exact) mass is 893 g/mol. The third-order valence-corrected chi connectivity index (χ3v) is 16.0. The Labute approximate surface area is 385 Å². The number of ether oxygens (including phenoxy) is 4. The van der Waals surface area contributed by atoms with Gasteiger partial charge in [0.25, 0.3) is 5.91 Å². The molecule has 4 aliphatic heterocycles. The summed E-state index contributed by atoms with van der Waals surface area (Å²) in [5, 5.41) is 16.8. The van der Waals surface area contributed by atoms with Crippen LogP contribution in [0.4, 0.5) is 0 Å². The number of nitrogens with one attached hydrogen (secondary N) is 2. The zero-order valence-corrected chi connectivity index (χ0v) is 37.8. The lowest BCUT2D eigenvalue weighted by atomic mass is 9.52. The Bertz CT molecular complexity index is 2510. The highest BCUT2D eigenvalue weighted by Gasteiger charge is 2.76. The van der Waals surface area contributed by atoms with Crippen LogP contribution in [-0.4, -0.2) is 83.3 Å². The molecule has 10 atom stereocenters. The average molecular weight is 894 g/mol. The second kappa shape index (κ2) is 16.5. The Hall–Kier alpha value is -5.21. The third-order valence-electron chi connectivity index (χ3n) is 16.0. The number of amides is 2. The molecule has 11 rings (SSSR count). The van der Waals surface area contributed by atoms with E-state index in [9.17, 15) is 14.7 Å². The van der Waals surface area contributed by atoms with Crippen LogP contribution < -0.4 is 10.6 Å². The molecule has 3 aliphatic carbocycles. The normalized spacial score (nSPS) is 34.0. The Balaban J connectivity index is 0.951. The summed E-state index contributed by atoms with van der Waals surface area (Å²) in [5.41, 5.74) is 4.92. The quantitative estimate of drug-likeness (QED) is 0.106. The highest BCUT2D eigenvalue weighted by atomic mass is 16.8. The van der Waals surface area contributed by atoms with Crippen molar-refractivity contribution in [2.75, 3.05) is 13.2 Å². The molecule has 2 amide bonds. The predicted molar refractivity (Wildman–Crippen MR) is 244 cm³/mol. The SMILES string of the molecule is CC1(C)CC2C(=Cc3ccccc3CN3OC4C5OC(c6ccccc6)(c6ccccc6)OC5C5CC4(C(=O)NCc4cccc(C(=O)NCCO)c4)C3C(=O)O5)CCC3OC3(C)CCC21. The maximum atomic E-state index is 15.3. The van der Waals surface area contributed by atoms with Crippen molar-refractivity contribution >= 4 is 23.9 Å².